The Morgan fingerprint density at radius 1 is 0.528 bits per heavy atom. The summed E-state index contributed by atoms with van der Waals surface area (Å²) in [5, 5.41) is 14.3. The Morgan fingerprint density at radius 2 is 0.972 bits per heavy atom. The molecule has 3 aliphatic rings. The van der Waals surface area contributed by atoms with Crippen LogP contribution in [0.3, 0.4) is 0 Å². The molecule has 0 spiro atoms. The predicted molar refractivity (Wildman–Crippen MR) is 148 cm³/mol. The van der Waals surface area contributed by atoms with Crippen LogP contribution < -0.4 is 21.3 Å². The fourth-order valence-corrected chi connectivity index (χ4v) is 4.67. The first-order valence-corrected chi connectivity index (χ1v) is 13.5. The molecule has 3 heterocycles. The highest BCUT2D eigenvalue weighted by Crippen LogP contribution is 2.14. The van der Waals surface area contributed by atoms with Crippen LogP contribution in [0, 0.1) is 0 Å². The number of hydrogen-bond donors (Lipinski definition) is 4. The summed E-state index contributed by atoms with van der Waals surface area (Å²) < 4.78 is 11.5. The Kier molecular flexibility index (Phi) is 11.8. The zero-order valence-corrected chi connectivity index (χ0v) is 21.6. The van der Waals surface area contributed by atoms with Gasteiger partial charge in [0.2, 0.25) is 0 Å². The molecule has 0 amide bonds. The number of ether oxygens (including phenoxy) is 2. The van der Waals surface area contributed by atoms with Crippen LogP contribution in [-0.4, -0.2) is 102 Å². The maximum absolute atomic E-state index is 5.73. The Labute approximate surface area is 216 Å². The lowest BCUT2D eigenvalue weighted by atomic mass is 10.1. The van der Waals surface area contributed by atoms with Gasteiger partial charge in [0.1, 0.15) is 0 Å². The summed E-state index contributed by atoms with van der Waals surface area (Å²) in [6.07, 6.45) is 0. The summed E-state index contributed by atoms with van der Waals surface area (Å²) >= 11 is 0. The van der Waals surface area contributed by atoms with Crippen LogP contribution in [0.4, 0.5) is 11.4 Å². The number of rotatable bonds is 0. The second-order valence-corrected chi connectivity index (χ2v) is 9.53. The fraction of sp³-hybridized carbons (Fsp3) is 0.571. The molecule has 2 aromatic rings. The van der Waals surface area contributed by atoms with Crippen LogP contribution in [0.25, 0.3) is 0 Å². The second-order valence-electron chi connectivity index (χ2n) is 9.53. The quantitative estimate of drug-likeness (QED) is 0.413. The second kappa shape index (κ2) is 15.8. The van der Waals surface area contributed by atoms with Crippen molar-refractivity contribution in [2.24, 2.45) is 0 Å². The molecule has 5 rings (SSSR count). The summed E-state index contributed by atoms with van der Waals surface area (Å²) in [5.41, 5.74) is 4.99. The van der Waals surface area contributed by atoms with Gasteiger partial charge in [-0.1, -0.05) is 24.3 Å². The minimum Gasteiger partial charge on any atom is -0.383 e. The maximum Gasteiger partial charge on any atom is 0.0701 e. The summed E-state index contributed by atoms with van der Waals surface area (Å²) in [5.74, 6) is 0. The van der Waals surface area contributed by atoms with Gasteiger partial charge in [0.15, 0.2) is 0 Å². The smallest absolute Gasteiger partial charge is 0.0701 e. The summed E-state index contributed by atoms with van der Waals surface area (Å²) in [6, 6.07) is 17.5. The molecular weight excluding hydrogens is 452 g/mol. The van der Waals surface area contributed by atoms with E-state index in [2.05, 4.69) is 79.6 Å². The Bertz CT molecular complexity index is 799. The average molecular weight is 497 g/mol. The van der Waals surface area contributed by atoms with Crippen LogP contribution in [0.15, 0.2) is 48.5 Å². The highest BCUT2D eigenvalue weighted by atomic mass is 16.5. The molecule has 8 heteroatoms. The lowest BCUT2D eigenvalue weighted by Crippen LogP contribution is -2.42. The Balaban J connectivity index is 1.39. The zero-order chi connectivity index (χ0) is 24.7. The van der Waals surface area contributed by atoms with Gasteiger partial charge in [-0.2, -0.15) is 0 Å². The number of nitrogens with zero attached hydrogens (tertiary/aromatic N) is 2. The van der Waals surface area contributed by atoms with Crippen molar-refractivity contribution in [3.05, 3.63) is 59.7 Å². The van der Waals surface area contributed by atoms with Crippen molar-refractivity contribution in [1.29, 1.82) is 0 Å². The van der Waals surface area contributed by atoms with E-state index in [1.54, 1.807) is 0 Å². The van der Waals surface area contributed by atoms with E-state index in [9.17, 15) is 0 Å². The summed E-state index contributed by atoms with van der Waals surface area (Å²) in [7, 11) is 0. The van der Waals surface area contributed by atoms with Crippen molar-refractivity contribution < 1.29 is 9.47 Å². The summed E-state index contributed by atoms with van der Waals surface area (Å²) in [4.78, 5) is 5.09. The maximum atomic E-state index is 5.73. The van der Waals surface area contributed by atoms with Crippen molar-refractivity contribution in [3.8, 4) is 0 Å². The molecule has 1 fully saturated rings. The molecule has 8 nitrogen and oxygen atoms in total. The van der Waals surface area contributed by atoms with Gasteiger partial charge < -0.3 is 30.7 Å². The molecule has 0 unspecified atom stereocenters. The Morgan fingerprint density at radius 3 is 1.42 bits per heavy atom. The predicted octanol–water partition coefficient (Wildman–Crippen LogP) is 2.05. The number of fused-ring (bicyclic) bond motifs is 17. The standard InChI is InChI=1S/C28H44N6O2/c1-3-25-21-27(5-1)31-11-17-35-19-20-36-18-12-32-28-6-2-4-26(22-28)24-34-15-9-29-7-13-33(23-25)14-8-30-10-16-34/h1-6,21-22,29-32H,7-20,23-24H2. The van der Waals surface area contributed by atoms with E-state index in [0.29, 0.717) is 26.4 Å². The largest absolute Gasteiger partial charge is 0.383 e. The van der Waals surface area contributed by atoms with E-state index in [4.69, 9.17) is 9.47 Å². The van der Waals surface area contributed by atoms with Crippen LogP contribution in [0.2, 0.25) is 0 Å². The third-order valence-corrected chi connectivity index (χ3v) is 6.61. The zero-order valence-electron chi connectivity index (χ0n) is 21.6. The number of anilines is 2. The first kappa shape index (κ1) is 26.9. The number of benzene rings is 2. The highest BCUT2D eigenvalue weighted by molar-refractivity contribution is 5.46. The normalized spacial score (nSPS) is 24.0. The van der Waals surface area contributed by atoms with Crippen LogP contribution >= 0.6 is 0 Å². The highest BCUT2D eigenvalue weighted by Gasteiger charge is 2.11. The number of nitrogens with one attached hydrogen (secondary N) is 4. The monoisotopic (exact) mass is 496 g/mol. The first-order valence-electron chi connectivity index (χ1n) is 13.5. The van der Waals surface area contributed by atoms with Gasteiger partial charge in [0.05, 0.1) is 26.4 Å². The minimum absolute atomic E-state index is 0.615. The molecule has 4 N–H and O–H groups in total. The van der Waals surface area contributed by atoms with Crippen molar-refractivity contribution in [2.45, 2.75) is 13.1 Å². The third-order valence-electron chi connectivity index (χ3n) is 6.61. The molecule has 2 aromatic carbocycles. The van der Waals surface area contributed by atoms with E-state index < -0.39 is 0 Å². The molecule has 6 bridgehead atoms. The molecule has 0 aliphatic carbocycles. The van der Waals surface area contributed by atoms with E-state index in [1.165, 1.54) is 11.1 Å². The molecule has 36 heavy (non-hydrogen) atoms. The van der Waals surface area contributed by atoms with Crippen LogP contribution in [-0.2, 0) is 22.6 Å². The topological polar surface area (TPSA) is 73.1 Å². The van der Waals surface area contributed by atoms with Gasteiger partial charge in [-0.05, 0) is 35.4 Å². The van der Waals surface area contributed by atoms with Crippen molar-refractivity contribution in [1.82, 2.24) is 20.4 Å². The molecule has 3 aliphatic heterocycles. The van der Waals surface area contributed by atoms with E-state index in [1.807, 2.05) is 0 Å². The van der Waals surface area contributed by atoms with Gasteiger partial charge in [-0.3, -0.25) is 9.80 Å². The van der Waals surface area contributed by atoms with Crippen molar-refractivity contribution in [3.63, 3.8) is 0 Å². The van der Waals surface area contributed by atoms with Gasteiger partial charge in [0, 0.05) is 89.9 Å². The minimum atomic E-state index is 0.615. The molecule has 0 saturated carbocycles. The van der Waals surface area contributed by atoms with E-state index >= 15 is 0 Å². The van der Waals surface area contributed by atoms with Crippen LogP contribution in [0.1, 0.15) is 11.1 Å². The van der Waals surface area contributed by atoms with Gasteiger partial charge in [-0.25, -0.2) is 0 Å². The first-order chi connectivity index (χ1) is 17.8. The molecule has 198 valence electrons. The molecule has 0 atom stereocenters. The Hall–Kier alpha value is -2.20. The third kappa shape index (κ3) is 10.0. The lowest BCUT2D eigenvalue weighted by molar-refractivity contribution is 0.0557. The molecule has 1 saturated heterocycles. The fourth-order valence-electron chi connectivity index (χ4n) is 4.67. The van der Waals surface area contributed by atoms with Crippen LogP contribution in [0.5, 0.6) is 0 Å². The van der Waals surface area contributed by atoms with Crippen molar-refractivity contribution in [2.75, 3.05) is 103 Å². The molecule has 0 radical (unpaired) electrons. The number of hydrogen-bond acceptors (Lipinski definition) is 8. The van der Waals surface area contributed by atoms with Gasteiger partial charge in [-0.15, -0.1) is 0 Å². The lowest BCUT2D eigenvalue weighted by Gasteiger charge is -2.27. The van der Waals surface area contributed by atoms with Crippen molar-refractivity contribution >= 4 is 11.4 Å². The van der Waals surface area contributed by atoms with E-state index in [-0.39, 0.29) is 0 Å². The average Bonchev–Trinajstić information content (AvgIpc) is 2.88. The van der Waals surface area contributed by atoms with Gasteiger partial charge >= 0.3 is 0 Å². The summed E-state index contributed by atoms with van der Waals surface area (Å²) in [6.45, 7) is 14.3. The van der Waals surface area contributed by atoms with E-state index in [0.717, 1.165) is 89.9 Å². The molecular formula is C28H44N6O2. The van der Waals surface area contributed by atoms with Gasteiger partial charge in [0.25, 0.3) is 0 Å². The SMILES string of the molecule is c1cc2cc(c1)NCCOCCOCCNc1cccc(c1)CN1CCNCCN(CCNCC1)C2. The molecule has 0 aromatic heterocycles.